The predicted molar refractivity (Wildman–Crippen MR) is 189 cm³/mol. The van der Waals surface area contributed by atoms with Gasteiger partial charge in [0.1, 0.15) is 12.1 Å². The second-order valence-electron chi connectivity index (χ2n) is 13.6. The number of ether oxygens (including phenoxy) is 1. The van der Waals surface area contributed by atoms with Crippen molar-refractivity contribution < 1.29 is 28.7 Å². The van der Waals surface area contributed by atoms with Gasteiger partial charge >= 0.3 is 0 Å². The van der Waals surface area contributed by atoms with Crippen LogP contribution < -0.4 is 21.5 Å². The molecule has 3 aromatic rings. The number of likely N-dealkylation sites (N-methyl/N-ethyl adjacent to an activating group) is 1. The zero-order valence-electron chi connectivity index (χ0n) is 29.5. The number of H-pyrrole nitrogens is 1. The fourth-order valence-electron chi connectivity index (χ4n) is 6.39. The number of rotatable bonds is 8. The van der Waals surface area contributed by atoms with E-state index in [0.717, 1.165) is 24.1 Å². The number of aryl methyl sites for hydroxylation is 1. The summed E-state index contributed by atoms with van der Waals surface area (Å²) in [5.74, 6) is -2.34. The third-order valence-electron chi connectivity index (χ3n) is 8.93. The van der Waals surface area contributed by atoms with Gasteiger partial charge in [0.25, 0.3) is 17.4 Å². The van der Waals surface area contributed by atoms with E-state index in [4.69, 9.17) is 4.74 Å². The topological polar surface area (TPSA) is 175 Å². The Hall–Kier alpha value is -5.24. The van der Waals surface area contributed by atoms with E-state index in [1.165, 1.54) is 21.5 Å². The number of nitrogens with one attached hydrogen (secondary N) is 4. The molecule has 51 heavy (non-hydrogen) atoms. The molecule has 0 saturated carbocycles. The van der Waals surface area contributed by atoms with Crippen molar-refractivity contribution in [2.45, 2.75) is 70.7 Å². The van der Waals surface area contributed by atoms with E-state index in [1.54, 1.807) is 30.3 Å². The number of benzene rings is 2. The first-order valence-corrected chi connectivity index (χ1v) is 17.4. The monoisotopic (exact) mass is 701 g/mol. The van der Waals surface area contributed by atoms with Crippen molar-refractivity contribution in [1.29, 1.82) is 0 Å². The Morgan fingerprint density at radius 1 is 0.922 bits per heavy atom. The molecule has 0 aliphatic carbocycles. The molecule has 2 saturated heterocycles. The Morgan fingerprint density at radius 3 is 2.33 bits per heavy atom. The van der Waals surface area contributed by atoms with Gasteiger partial charge in [-0.15, -0.1) is 0 Å². The highest BCUT2D eigenvalue weighted by molar-refractivity contribution is 5.96. The fourth-order valence-corrected chi connectivity index (χ4v) is 6.39. The molecule has 4 atom stereocenters. The van der Waals surface area contributed by atoms with E-state index in [0.29, 0.717) is 17.7 Å². The van der Waals surface area contributed by atoms with Gasteiger partial charge in [-0.05, 0) is 48.6 Å². The SMILES string of the molecule is CCCc1cc(=O)n(-c2ccc(C(=O)N3C[C@H]4CNC(=O)[C@H](CC(C)C)NC(=O)CN(C)C(=O)[C@@H](Cc5ccccc5)NC(=O)[C@@H](C3)O4)cc2)[nH]1. The molecule has 2 bridgehead atoms. The molecular weight excluding hydrogens is 654 g/mol. The number of carbonyl (C=O) groups excluding carboxylic acids is 5. The van der Waals surface area contributed by atoms with E-state index in [2.05, 4.69) is 21.0 Å². The minimum atomic E-state index is -1.16. The highest BCUT2D eigenvalue weighted by Gasteiger charge is 2.38. The standard InChI is InChI=1S/C37H47N7O7/c1-5-9-26-18-33(46)44(41-26)27-14-12-25(13-15-27)36(49)43-20-28-19-38-34(47)29(16-23(2)3)39-32(45)22-42(4)37(50)30(17-24-10-7-6-8-11-24)40-35(48)31(21-43)51-28/h6-8,10-15,18,23,28-31,41H,5,9,16-17,19-22H2,1-4H3,(H,38,47)(H,39,45)(H,40,48)/t28-,29+,30-,31-/m1/s1. The van der Waals surface area contributed by atoms with Crippen LogP contribution in [0.5, 0.6) is 0 Å². The molecule has 1 aromatic heterocycles. The number of carbonyl (C=O) groups is 5. The van der Waals surface area contributed by atoms with E-state index >= 15 is 0 Å². The summed E-state index contributed by atoms with van der Waals surface area (Å²) in [4.78, 5) is 83.2. The van der Waals surface area contributed by atoms with E-state index in [-0.39, 0.29) is 50.0 Å². The smallest absolute Gasteiger partial charge is 0.271 e. The number of fused-ring (bicyclic) bond motifs is 2. The molecule has 5 amide bonds. The maximum absolute atomic E-state index is 13.9. The number of morpholine rings is 1. The highest BCUT2D eigenvalue weighted by Crippen LogP contribution is 2.18. The molecule has 0 spiro atoms. The number of hydrogen-bond acceptors (Lipinski definition) is 7. The summed E-state index contributed by atoms with van der Waals surface area (Å²) >= 11 is 0. The maximum Gasteiger partial charge on any atom is 0.271 e. The van der Waals surface area contributed by atoms with Crippen LogP contribution >= 0.6 is 0 Å². The van der Waals surface area contributed by atoms with Crippen molar-refractivity contribution in [1.82, 2.24) is 35.5 Å². The summed E-state index contributed by atoms with van der Waals surface area (Å²) < 4.78 is 7.59. The quantitative estimate of drug-likeness (QED) is 0.273. The van der Waals surface area contributed by atoms with Crippen molar-refractivity contribution >= 4 is 29.5 Å². The molecular formula is C37H47N7O7. The van der Waals surface area contributed by atoms with Crippen molar-refractivity contribution in [2.75, 3.05) is 33.2 Å². The lowest BCUT2D eigenvalue weighted by molar-refractivity contribution is -0.148. The van der Waals surface area contributed by atoms with Crippen LogP contribution in [0.2, 0.25) is 0 Å². The summed E-state index contributed by atoms with van der Waals surface area (Å²) in [6, 6.07) is 15.4. The molecule has 2 aromatic carbocycles. The van der Waals surface area contributed by atoms with Gasteiger partial charge < -0.3 is 30.5 Å². The molecule has 272 valence electrons. The third kappa shape index (κ3) is 9.51. The predicted octanol–water partition coefficient (Wildman–Crippen LogP) is 1.17. The Bertz CT molecular complexity index is 1770. The van der Waals surface area contributed by atoms with Gasteiger partial charge in [0, 0.05) is 43.9 Å². The molecule has 0 radical (unpaired) electrons. The van der Waals surface area contributed by atoms with Crippen LogP contribution in [-0.4, -0.2) is 107 Å². The van der Waals surface area contributed by atoms with Gasteiger partial charge in [0.15, 0.2) is 6.10 Å². The van der Waals surface area contributed by atoms with Crippen LogP contribution in [0, 0.1) is 5.92 Å². The fraction of sp³-hybridized carbons (Fsp3) is 0.459. The maximum atomic E-state index is 13.9. The first kappa shape index (κ1) is 37.0. The Kier molecular flexibility index (Phi) is 12.1. The molecule has 2 aliphatic rings. The Balaban J connectivity index is 1.42. The van der Waals surface area contributed by atoms with E-state index < -0.39 is 47.9 Å². The van der Waals surface area contributed by atoms with Crippen molar-refractivity contribution in [2.24, 2.45) is 5.92 Å². The summed E-state index contributed by atoms with van der Waals surface area (Å²) in [5.41, 5.74) is 2.31. The minimum Gasteiger partial charge on any atom is -0.360 e. The first-order valence-electron chi connectivity index (χ1n) is 17.4. The Labute approximate surface area is 296 Å². The minimum absolute atomic E-state index is 0.0299. The lowest BCUT2D eigenvalue weighted by Gasteiger charge is -2.38. The second kappa shape index (κ2) is 16.6. The van der Waals surface area contributed by atoms with E-state index in [1.807, 2.05) is 51.1 Å². The van der Waals surface area contributed by atoms with Crippen LogP contribution in [0.25, 0.3) is 5.69 Å². The zero-order chi connectivity index (χ0) is 36.7. The number of aromatic amines is 1. The van der Waals surface area contributed by atoms with Crippen molar-refractivity contribution in [3.63, 3.8) is 0 Å². The molecule has 3 heterocycles. The van der Waals surface area contributed by atoms with Gasteiger partial charge in [-0.3, -0.25) is 33.9 Å². The summed E-state index contributed by atoms with van der Waals surface area (Å²) in [7, 11) is 1.47. The Morgan fingerprint density at radius 2 is 1.65 bits per heavy atom. The van der Waals surface area contributed by atoms with Crippen molar-refractivity contribution in [3.8, 4) is 5.69 Å². The largest absolute Gasteiger partial charge is 0.360 e. The summed E-state index contributed by atoms with van der Waals surface area (Å²) in [5, 5.41) is 11.5. The lowest BCUT2D eigenvalue weighted by Crippen LogP contribution is -2.59. The number of nitrogens with zero attached hydrogens (tertiary/aromatic N) is 3. The van der Waals surface area contributed by atoms with Gasteiger partial charge in [-0.25, -0.2) is 4.68 Å². The molecule has 2 fully saturated rings. The number of amides is 5. The molecule has 14 nitrogen and oxygen atoms in total. The van der Waals surface area contributed by atoms with Crippen LogP contribution in [0.4, 0.5) is 0 Å². The second-order valence-corrected chi connectivity index (χ2v) is 13.6. The van der Waals surface area contributed by atoms with Gasteiger partial charge in [-0.1, -0.05) is 57.5 Å². The molecule has 0 unspecified atom stereocenters. The normalized spacial score (nSPS) is 22.1. The molecule has 2 aliphatic heterocycles. The molecule has 14 heteroatoms. The van der Waals surface area contributed by atoms with Gasteiger partial charge in [0.05, 0.1) is 24.9 Å². The summed E-state index contributed by atoms with van der Waals surface area (Å²) in [6.07, 6.45) is 0.190. The number of hydrogen-bond donors (Lipinski definition) is 4. The van der Waals surface area contributed by atoms with Crippen LogP contribution in [-0.2, 0) is 36.8 Å². The van der Waals surface area contributed by atoms with Gasteiger partial charge in [-0.2, -0.15) is 0 Å². The zero-order valence-corrected chi connectivity index (χ0v) is 29.5. The van der Waals surface area contributed by atoms with Crippen molar-refractivity contribution in [3.05, 3.63) is 87.8 Å². The first-order chi connectivity index (χ1) is 24.4. The highest BCUT2D eigenvalue weighted by atomic mass is 16.5. The third-order valence-corrected chi connectivity index (χ3v) is 8.93. The molecule has 4 N–H and O–H groups in total. The van der Waals surface area contributed by atoms with Gasteiger partial charge in [0.2, 0.25) is 17.7 Å². The number of aromatic nitrogens is 2. The average molecular weight is 702 g/mol. The van der Waals surface area contributed by atoms with Crippen LogP contribution in [0.3, 0.4) is 0 Å². The lowest BCUT2D eigenvalue weighted by atomic mass is 10.0. The van der Waals surface area contributed by atoms with Crippen LogP contribution in [0.15, 0.2) is 65.5 Å². The van der Waals surface area contributed by atoms with E-state index in [9.17, 15) is 28.8 Å². The summed E-state index contributed by atoms with van der Waals surface area (Å²) in [6.45, 7) is 5.50. The average Bonchev–Trinajstić information content (AvgIpc) is 3.48. The molecule has 5 rings (SSSR count). The van der Waals surface area contributed by atoms with Crippen LogP contribution in [0.1, 0.15) is 55.2 Å².